The highest BCUT2D eigenvalue weighted by molar-refractivity contribution is 5.92. The van der Waals surface area contributed by atoms with Gasteiger partial charge in [-0.3, -0.25) is 9.59 Å². The van der Waals surface area contributed by atoms with Crippen molar-refractivity contribution in [2.75, 3.05) is 30.9 Å². The molecule has 1 aromatic heterocycles. The molecule has 0 aliphatic carbocycles. The Bertz CT molecular complexity index is 679. The van der Waals surface area contributed by atoms with Crippen LogP contribution in [0.2, 0.25) is 0 Å². The molecule has 24 heavy (non-hydrogen) atoms. The number of ether oxygens (including phenoxy) is 2. The summed E-state index contributed by atoms with van der Waals surface area (Å²) in [6.45, 7) is -0.0295. The Kier molecular flexibility index (Phi) is 6.51. The first-order valence-corrected chi connectivity index (χ1v) is 7.28. The van der Waals surface area contributed by atoms with Gasteiger partial charge in [0.25, 0.3) is 5.91 Å². The van der Waals surface area contributed by atoms with Gasteiger partial charge in [-0.1, -0.05) is 6.07 Å². The molecule has 0 unspecified atom stereocenters. The fourth-order valence-electron chi connectivity index (χ4n) is 1.78. The molecular weight excluding hydrogens is 312 g/mol. The summed E-state index contributed by atoms with van der Waals surface area (Å²) >= 11 is 0. The summed E-state index contributed by atoms with van der Waals surface area (Å²) in [5.41, 5.74) is 0.568. The normalized spacial score (nSPS) is 9.88. The minimum atomic E-state index is -0.487. The Morgan fingerprint density at radius 2 is 1.96 bits per heavy atom. The molecule has 0 saturated carbocycles. The van der Waals surface area contributed by atoms with Crippen molar-refractivity contribution in [1.82, 2.24) is 9.97 Å². The second kappa shape index (κ2) is 9.09. The van der Waals surface area contributed by atoms with Crippen LogP contribution in [0.25, 0.3) is 0 Å². The number of aromatic nitrogens is 2. The Labute approximate surface area is 139 Å². The highest BCUT2D eigenvalue weighted by Gasteiger charge is 2.08. The topological polar surface area (TPSA) is 102 Å². The van der Waals surface area contributed by atoms with Crippen LogP contribution in [0.15, 0.2) is 42.7 Å². The van der Waals surface area contributed by atoms with Crippen LogP contribution in [0, 0.1) is 0 Å². The molecule has 2 rings (SSSR count). The first-order chi connectivity index (χ1) is 11.7. The van der Waals surface area contributed by atoms with E-state index in [1.165, 1.54) is 7.11 Å². The van der Waals surface area contributed by atoms with Gasteiger partial charge in [-0.2, -0.15) is 0 Å². The molecule has 8 nitrogen and oxygen atoms in total. The number of rotatable bonds is 8. The van der Waals surface area contributed by atoms with Crippen molar-refractivity contribution in [2.45, 2.75) is 6.42 Å². The van der Waals surface area contributed by atoms with E-state index < -0.39 is 11.9 Å². The molecule has 0 aliphatic heterocycles. The van der Waals surface area contributed by atoms with Crippen LogP contribution in [0.1, 0.15) is 6.42 Å². The predicted octanol–water partition coefficient (Wildman–Crippen LogP) is 1.47. The van der Waals surface area contributed by atoms with Crippen molar-refractivity contribution in [3.8, 4) is 5.75 Å². The van der Waals surface area contributed by atoms with Crippen LogP contribution >= 0.6 is 0 Å². The molecule has 1 amide bonds. The number of hydrogen-bond donors (Lipinski definition) is 2. The van der Waals surface area contributed by atoms with Crippen LogP contribution in [0.4, 0.5) is 11.6 Å². The van der Waals surface area contributed by atoms with E-state index >= 15 is 0 Å². The van der Waals surface area contributed by atoms with Crippen molar-refractivity contribution in [1.29, 1.82) is 0 Å². The molecule has 126 valence electrons. The summed E-state index contributed by atoms with van der Waals surface area (Å²) in [4.78, 5) is 31.3. The number of carbonyl (C=O) groups is 2. The molecular formula is C16H18N4O4. The number of methoxy groups -OCH3 is 1. The number of carbonyl (C=O) groups excluding carboxylic acids is 2. The molecule has 2 N–H and O–H groups in total. The lowest BCUT2D eigenvalue weighted by Gasteiger charge is -2.08. The standard InChI is InChI=1S/C16H18N4O4/c1-23-13-5-2-4-12(10-13)20-14(21)11-24-15(22)6-9-19-16-17-7-3-8-18-16/h2-5,7-8,10H,6,9,11H2,1H3,(H,20,21)(H,17,18,19). The van der Waals surface area contributed by atoms with Gasteiger partial charge >= 0.3 is 5.97 Å². The summed E-state index contributed by atoms with van der Waals surface area (Å²) < 4.78 is 9.97. The van der Waals surface area contributed by atoms with Crippen molar-refractivity contribution in [3.05, 3.63) is 42.7 Å². The lowest BCUT2D eigenvalue weighted by molar-refractivity contribution is -0.147. The number of esters is 1. The predicted molar refractivity (Wildman–Crippen MR) is 87.7 cm³/mol. The largest absolute Gasteiger partial charge is 0.497 e. The lowest BCUT2D eigenvalue weighted by atomic mass is 10.3. The second-order valence-electron chi connectivity index (χ2n) is 4.69. The van der Waals surface area contributed by atoms with Crippen LogP contribution in [0.3, 0.4) is 0 Å². The zero-order chi connectivity index (χ0) is 17.2. The summed E-state index contributed by atoms with van der Waals surface area (Å²) in [6.07, 6.45) is 3.29. The summed E-state index contributed by atoms with van der Waals surface area (Å²) in [7, 11) is 1.54. The molecule has 0 aliphatic rings. The first kappa shape index (κ1) is 17.2. The van der Waals surface area contributed by atoms with Gasteiger partial charge in [-0.25, -0.2) is 9.97 Å². The molecule has 1 heterocycles. The molecule has 0 fully saturated rings. The molecule has 0 bridgehead atoms. The van der Waals surface area contributed by atoms with E-state index in [1.54, 1.807) is 42.7 Å². The second-order valence-corrected chi connectivity index (χ2v) is 4.69. The SMILES string of the molecule is COc1cccc(NC(=O)COC(=O)CCNc2ncccn2)c1. The summed E-state index contributed by atoms with van der Waals surface area (Å²) in [5, 5.41) is 5.50. The molecule has 0 radical (unpaired) electrons. The number of benzene rings is 1. The third-order valence-electron chi connectivity index (χ3n) is 2.90. The molecule has 0 atom stereocenters. The van der Waals surface area contributed by atoms with Crippen LogP contribution < -0.4 is 15.4 Å². The fraction of sp³-hybridized carbons (Fsp3) is 0.250. The Morgan fingerprint density at radius 1 is 1.17 bits per heavy atom. The van der Waals surface area contributed by atoms with E-state index in [0.29, 0.717) is 23.9 Å². The van der Waals surface area contributed by atoms with Crippen LogP contribution in [-0.2, 0) is 14.3 Å². The number of hydrogen-bond acceptors (Lipinski definition) is 7. The van der Waals surface area contributed by atoms with E-state index in [2.05, 4.69) is 20.6 Å². The van der Waals surface area contributed by atoms with Gasteiger partial charge in [0.05, 0.1) is 13.5 Å². The minimum Gasteiger partial charge on any atom is -0.497 e. The highest BCUT2D eigenvalue weighted by atomic mass is 16.5. The minimum absolute atomic E-state index is 0.102. The van der Waals surface area contributed by atoms with Crippen molar-refractivity contribution >= 4 is 23.5 Å². The van der Waals surface area contributed by atoms with Gasteiger partial charge < -0.3 is 20.1 Å². The Morgan fingerprint density at radius 3 is 2.71 bits per heavy atom. The molecule has 2 aromatic rings. The number of nitrogens with one attached hydrogen (secondary N) is 2. The average Bonchev–Trinajstić information content (AvgIpc) is 2.61. The smallest absolute Gasteiger partial charge is 0.308 e. The maximum atomic E-state index is 11.7. The Hall–Kier alpha value is -3.16. The number of amides is 1. The summed E-state index contributed by atoms with van der Waals surface area (Å²) in [6, 6.07) is 8.59. The maximum absolute atomic E-state index is 11.7. The van der Waals surface area contributed by atoms with Crippen LogP contribution in [0.5, 0.6) is 5.75 Å². The summed E-state index contributed by atoms with van der Waals surface area (Å²) in [5.74, 6) is 0.148. The van der Waals surface area contributed by atoms with Gasteiger partial charge in [0.2, 0.25) is 5.95 Å². The fourth-order valence-corrected chi connectivity index (χ4v) is 1.78. The van der Waals surface area contributed by atoms with Gasteiger partial charge in [0.15, 0.2) is 6.61 Å². The van der Waals surface area contributed by atoms with Crippen molar-refractivity contribution in [3.63, 3.8) is 0 Å². The number of nitrogens with zero attached hydrogens (tertiary/aromatic N) is 2. The third kappa shape index (κ3) is 5.91. The van der Waals surface area contributed by atoms with E-state index in [0.717, 1.165) is 0 Å². The third-order valence-corrected chi connectivity index (χ3v) is 2.90. The van der Waals surface area contributed by atoms with Gasteiger partial charge in [-0.15, -0.1) is 0 Å². The maximum Gasteiger partial charge on any atom is 0.308 e. The molecule has 8 heteroatoms. The molecule has 1 aromatic carbocycles. The van der Waals surface area contributed by atoms with E-state index in [9.17, 15) is 9.59 Å². The molecule has 0 spiro atoms. The van der Waals surface area contributed by atoms with Crippen molar-refractivity contribution < 1.29 is 19.1 Å². The van der Waals surface area contributed by atoms with E-state index in [4.69, 9.17) is 9.47 Å². The van der Waals surface area contributed by atoms with Crippen molar-refractivity contribution in [2.24, 2.45) is 0 Å². The Balaban J connectivity index is 1.66. The highest BCUT2D eigenvalue weighted by Crippen LogP contribution is 2.16. The van der Waals surface area contributed by atoms with E-state index in [-0.39, 0.29) is 13.0 Å². The quantitative estimate of drug-likeness (QED) is 0.707. The van der Waals surface area contributed by atoms with E-state index in [1.807, 2.05) is 0 Å². The zero-order valence-corrected chi connectivity index (χ0v) is 13.2. The zero-order valence-electron chi connectivity index (χ0n) is 13.2. The lowest BCUT2D eigenvalue weighted by Crippen LogP contribution is -2.22. The van der Waals surface area contributed by atoms with Crippen LogP contribution in [-0.4, -0.2) is 42.1 Å². The first-order valence-electron chi connectivity index (χ1n) is 7.28. The number of anilines is 2. The average molecular weight is 330 g/mol. The monoisotopic (exact) mass is 330 g/mol. The van der Waals surface area contributed by atoms with Gasteiger partial charge in [-0.05, 0) is 18.2 Å². The van der Waals surface area contributed by atoms with Gasteiger partial charge in [0, 0.05) is 30.7 Å². The van der Waals surface area contributed by atoms with Gasteiger partial charge in [0.1, 0.15) is 5.75 Å². The molecule has 0 saturated heterocycles.